The van der Waals surface area contributed by atoms with E-state index in [0.29, 0.717) is 18.8 Å². The van der Waals surface area contributed by atoms with E-state index in [1.54, 1.807) is 0 Å². The van der Waals surface area contributed by atoms with Gasteiger partial charge >= 0.3 is 11.9 Å². The van der Waals surface area contributed by atoms with Crippen LogP contribution in [0.25, 0.3) is 0 Å². The van der Waals surface area contributed by atoms with E-state index in [9.17, 15) is 9.59 Å². The van der Waals surface area contributed by atoms with Gasteiger partial charge in [0.2, 0.25) is 0 Å². The highest BCUT2D eigenvalue weighted by molar-refractivity contribution is 6.01. The van der Waals surface area contributed by atoms with Crippen LogP contribution in [0, 0.1) is 11.3 Å². The van der Waals surface area contributed by atoms with Crippen molar-refractivity contribution in [3.63, 3.8) is 0 Å². The Kier molecular flexibility index (Phi) is 3.13. The molecular weight excluding hydrogens is 184 g/mol. The zero-order chi connectivity index (χ0) is 10.8. The van der Waals surface area contributed by atoms with Gasteiger partial charge in [-0.25, -0.2) is 0 Å². The number of hydrogen-bond acceptors (Lipinski definition) is 4. The Bertz CT molecular complexity index is 223. The average Bonchev–Trinajstić information content (AvgIpc) is 2.15. The molecule has 0 aliphatic heterocycles. The summed E-state index contributed by atoms with van der Waals surface area (Å²) in [4.78, 5) is 22.9. The van der Waals surface area contributed by atoms with Gasteiger partial charge in [-0.2, -0.15) is 0 Å². The third-order valence-electron chi connectivity index (χ3n) is 3.00. The summed E-state index contributed by atoms with van der Waals surface area (Å²) < 4.78 is 9.27. The predicted octanol–water partition coefficient (Wildman–Crippen LogP) is 1.14. The summed E-state index contributed by atoms with van der Waals surface area (Å²) in [6.07, 6.45) is 2.10. The molecule has 0 N–H and O–H groups in total. The van der Waals surface area contributed by atoms with Crippen molar-refractivity contribution in [2.75, 3.05) is 14.2 Å². The molecule has 0 aromatic rings. The van der Waals surface area contributed by atoms with Gasteiger partial charge in [-0.3, -0.25) is 9.59 Å². The van der Waals surface area contributed by atoms with Crippen LogP contribution in [0.1, 0.15) is 26.2 Å². The van der Waals surface area contributed by atoms with E-state index in [-0.39, 0.29) is 0 Å². The fourth-order valence-corrected chi connectivity index (χ4v) is 2.02. The molecule has 1 fully saturated rings. The fraction of sp³-hybridized carbons (Fsp3) is 0.800. The number of hydrogen-bond donors (Lipinski definition) is 0. The predicted molar refractivity (Wildman–Crippen MR) is 49.5 cm³/mol. The molecule has 1 aliphatic rings. The number of carbonyl (C=O) groups is 2. The number of rotatable bonds is 3. The van der Waals surface area contributed by atoms with Crippen LogP contribution in [0.2, 0.25) is 0 Å². The van der Waals surface area contributed by atoms with Gasteiger partial charge in [-0.15, -0.1) is 0 Å². The van der Waals surface area contributed by atoms with Crippen molar-refractivity contribution in [1.82, 2.24) is 0 Å². The van der Waals surface area contributed by atoms with Crippen LogP contribution in [0.4, 0.5) is 0 Å². The molecule has 14 heavy (non-hydrogen) atoms. The summed E-state index contributed by atoms with van der Waals surface area (Å²) in [6, 6.07) is 0. The first-order valence-corrected chi connectivity index (χ1v) is 4.77. The molecular formula is C10H16O4. The molecule has 4 heteroatoms. The monoisotopic (exact) mass is 200 g/mol. The van der Waals surface area contributed by atoms with Crippen LogP contribution in [0.5, 0.6) is 0 Å². The number of carbonyl (C=O) groups excluding carboxylic acids is 2. The highest BCUT2D eigenvalue weighted by Gasteiger charge is 2.57. The Morgan fingerprint density at radius 3 is 1.93 bits per heavy atom. The molecule has 0 spiro atoms. The van der Waals surface area contributed by atoms with Crippen LogP contribution in [-0.2, 0) is 19.1 Å². The lowest BCUT2D eigenvalue weighted by molar-refractivity contribution is -0.180. The second-order valence-corrected chi connectivity index (χ2v) is 3.75. The van der Waals surface area contributed by atoms with E-state index < -0.39 is 17.4 Å². The van der Waals surface area contributed by atoms with Crippen LogP contribution in [-0.4, -0.2) is 26.2 Å². The van der Waals surface area contributed by atoms with Crippen molar-refractivity contribution in [1.29, 1.82) is 0 Å². The Labute approximate surface area is 83.6 Å². The first kappa shape index (κ1) is 11.0. The van der Waals surface area contributed by atoms with Crippen molar-refractivity contribution < 1.29 is 19.1 Å². The third kappa shape index (κ3) is 1.49. The second kappa shape index (κ2) is 3.98. The molecule has 1 saturated carbocycles. The lowest BCUT2D eigenvalue weighted by Crippen LogP contribution is -2.51. The van der Waals surface area contributed by atoms with Crippen LogP contribution in [0.3, 0.4) is 0 Å². The summed E-state index contributed by atoms with van der Waals surface area (Å²) >= 11 is 0. The van der Waals surface area contributed by atoms with Gasteiger partial charge in [-0.1, -0.05) is 13.3 Å². The molecule has 0 atom stereocenters. The minimum absolute atomic E-state index is 0.438. The smallest absolute Gasteiger partial charge is 0.323 e. The van der Waals surface area contributed by atoms with E-state index >= 15 is 0 Å². The maximum Gasteiger partial charge on any atom is 0.323 e. The van der Waals surface area contributed by atoms with Gasteiger partial charge in [0.1, 0.15) is 0 Å². The summed E-state index contributed by atoms with van der Waals surface area (Å²) in [5.41, 5.74) is -1.01. The minimum Gasteiger partial charge on any atom is -0.468 e. The Morgan fingerprint density at radius 1 is 1.21 bits per heavy atom. The summed E-state index contributed by atoms with van der Waals surface area (Å²) in [5, 5.41) is 0. The normalized spacial score (nSPS) is 19.6. The van der Waals surface area contributed by atoms with Gasteiger partial charge in [0, 0.05) is 0 Å². The second-order valence-electron chi connectivity index (χ2n) is 3.75. The molecule has 0 saturated heterocycles. The van der Waals surface area contributed by atoms with E-state index in [4.69, 9.17) is 0 Å². The fourth-order valence-electron chi connectivity index (χ4n) is 2.02. The quantitative estimate of drug-likeness (QED) is 0.506. The molecule has 1 aliphatic carbocycles. The lowest BCUT2D eigenvalue weighted by Gasteiger charge is -2.42. The molecule has 0 unspecified atom stereocenters. The summed E-state index contributed by atoms with van der Waals surface area (Å²) in [6.45, 7) is 2.04. The molecule has 0 aromatic heterocycles. The molecule has 0 bridgehead atoms. The molecule has 80 valence electrons. The van der Waals surface area contributed by atoms with Crippen LogP contribution in [0.15, 0.2) is 0 Å². The van der Waals surface area contributed by atoms with Gasteiger partial charge in [0.25, 0.3) is 0 Å². The van der Waals surface area contributed by atoms with Crippen molar-refractivity contribution in [3.8, 4) is 0 Å². The third-order valence-corrected chi connectivity index (χ3v) is 3.00. The standard InChI is InChI=1S/C10H16O4/c1-4-7-5-10(6-7,8(11)13-2)9(12)14-3/h7H,4-6H2,1-3H3. The highest BCUT2D eigenvalue weighted by atomic mass is 16.5. The molecule has 4 nitrogen and oxygen atoms in total. The van der Waals surface area contributed by atoms with Crippen molar-refractivity contribution >= 4 is 11.9 Å². The Morgan fingerprint density at radius 2 is 1.64 bits per heavy atom. The van der Waals surface area contributed by atoms with Crippen molar-refractivity contribution in [3.05, 3.63) is 0 Å². The van der Waals surface area contributed by atoms with Gasteiger partial charge in [-0.05, 0) is 18.8 Å². The Hall–Kier alpha value is -1.06. The molecule has 0 aromatic carbocycles. The topological polar surface area (TPSA) is 52.6 Å². The van der Waals surface area contributed by atoms with Gasteiger partial charge < -0.3 is 9.47 Å². The molecule has 1 rings (SSSR count). The number of ether oxygens (including phenoxy) is 2. The largest absolute Gasteiger partial charge is 0.468 e. The first-order chi connectivity index (χ1) is 6.60. The van der Waals surface area contributed by atoms with E-state index in [2.05, 4.69) is 9.47 Å². The zero-order valence-electron chi connectivity index (χ0n) is 8.83. The van der Waals surface area contributed by atoms with Crippen LogP contribution >= 0.6 is 0 Å². The van der Waals surface area contributed by atoms with Crippen molar-refractivity contribution in [2.45, 2.75) is 26.2 Å². The first-order valence-electron chi connectivity index (χ1n) is 4.77. The average molecular weight is 200 g/mol. The maximum absolute atomic E-state index is 11.5. The number of methoxy groups -OCH3 is 2. The highest BCUT2D eigenvalue weighted by Crippen LogP contribution is 2.48. The SMILES string of the molecule is CCC1CC(C(=O)OC)(C(=O)OC)C1. The van der Waals surface area contributed by atoms with Gasteiger partial charge in [0.05, 0.1) is 14.2 Å². The number of esters is 2. The maximum atomic E-state index is 11.5. The van der Waals surface area contributed by atoms with E-state index in [0.717, 1.165) is 6.42 Å². The van der Waals surface area contributed by atoms with Crippen molar-refractivity contribution in [2.24, 2.45) is 11.3 Å². The Balaban J connectivity index is 2.74. The molecule has 0 radical (unpaired) electrons. The van der Waals surface area contributed by atoms with E-state index in [1.807, 2.05) is 6.92 Å². The minimum atomic E-state index is -1.01. The lowest BCUT2D eigenvalue weighted by atomic mass is 9.61. The zero-order valence-corrected chi connectivity index (χ0v) is 8.83. The molecule has 0 amide bonds. The van der Waals surface area contributed by atoms with Crippen LogP contribution < -0.4 is 0 Å². The summed E-state index contributed by atoms with van der Waals surface area (Å²) in [5.74, 6) is -0.490. The molecule has 0 heterocycles. The summed E-state index contributed by atoms with van der Waals surface area (Å²) in [7, 11) is 2.60. The van der Waals surface area contributed by atoms with Gasteiger partial charge in [0.15, 0.2) is 5.41 Å². The van der Waals surface area contributed by atoms with E-state index in [1.165, 1.54) is 14.2 Å².